The van der Waals surface area contributed by atoms with E-state index in [1.54, 1.807) is 0 Å². The van der Waals surface area contributed by atoms with Crippen LogP contribution in [0.2, 0.25) is 0 Å². The van der Waals surface area contributed by atoms with Crippen LogP contribution in [0.4, 0.5) is 0 Å². The minimum Gasteiger partial charge on any atom is -0.256 e. The first-order valence-electron chi connectivity index (χ1n) is 4.48. The summed E-state index contributed by atoms with van der Waals surface area (Å²) in [6.07, 6.45) is 7.28. The maximum Gasteiger partial charge on any atom is 0.0708 e. The Kier molecular flexibility index (Phi) is 1.28. The number of benzene rings is 1. The first-order valence-corrected chi connectivity index (χ1v) is 4.48. The quantitative estimate of drug-likeness (QED) is 0.588. The second-order valence-corrected chi connectivity index (χ2v) is 3.35. The Morgan fingerprint density at radius 2 is 2.23 bits per heavy atom. The molecule has 0 saturated carbocycles. The molecular formula is C12H9N. The lowest BCUT2D eigenvalue weighted by Crippen LogP contribution is -1.84. The molecule has 0 amide bonds. The molecule has 0 bridgehead atoms. The van der Waals surface area contributed by atoms with Crippen LogP contribution in [0, 0.1) is 0 Å². The minimum absolute atomic E-state index is 1.07. The first kappa shape index (κ1) is 6.84. The highest BCUT2D eigenvalue weighted by Gasteiger charge is 2.05. The molecule has 1 nitrogen and oxygen atoms in total. The molecule has 1 heteroatoms. The van der Waals surface area contributed by atoms with Crippen molar-refractivity contribution in [1.29, 1.82) is 0 Å². The van der Waals surface area contributed by atoms with E-state index in [1.807, 2.05) is 12.3 Å². The molecule has 2 aromatic rings. The zero-order chi connectivity index (χ0) is 8.67. The molecule has 0 N–H and O–H groups in total. The highest BCUT2D eigenvalue weighted by atomic mass is 14.6. The van der Waals surface area contributed by atoms with Gasteiger partial charge in [0.1, 0.15) is 0 Å². The van der Waals surface area contributed by atoms with E-state index in [4.69, 9.17) is 0 Å². The van der Waals surface area contributed by atoms with Crippen molar-refractivity contribution in [3.8, 4) is 0 Å². The van der Waals surface area contributed by atoms with Crippen LogP contribution in [0.1, 0.15) is 11.1 Å². The van der Waals surface area contributed by atoms with Gasteiger partial charge in [-0.2, -0.15) is 0 Å². The SMILES string of the molecule is C1=Cc2cc3ncccc3cc2C1. The van der Waals surface area contributed by atoms with E-state index in [9.17, 15) is 0 Å². The average Bonchev–Trinajstić information content (AvgIpc) is 2.61. The Labute approximate surface area is 76.7 Å². The van der Waals surface area contributed by atoms with Gasteiger partial charge in [-0.15, -0.1) is 0 Å². The monoisotopic (exact) mass is 167 g/mol. The topological polar surface area (TPSA) is 12.9 Å². The van der Waals surface area contributed by atoms with E-state index in [-0.39, 0.29) is 0 Å². The Balaban J connectivity index is 2.40. The van der Waals surface area contributed by atoms with Crippen molar-refractivity contribution in [3.63, 3.8) is 0 Å². The van der Waals surface area contributed by atoms with Gasteiger partial charge in [-0.3, -0.25) is 4.98 Å². The number of fused-ring (bicyclic) bond motifs is 2. The Morgan fingerprint density at radius 1 is 1.23 bits per heavy atom. The van der Waals surface area contributed by atoms with Gasteiger partial charge in [-0.1, -0.05) is 18.2 Å². The lowest BCUT2D eigenvalue weighted by molar-refractivity contribution is 1.31. The van der Waals surface area contributed by atoms with Gasteiger partial charge in [0.15, 0.2) is 0 Å². The molecule has 1 aromatic carbocycles. The van der Waals surface area contributed by atoms with Crippen molar-refractivity contribution >= 4 is 17.0 Å². The Hall–Kier alpha value is -1.63. The van der Waals surface area contributed by atoms with Gasteiger partial charge in [0.25, 0.3) is 0 Å². The Morgan fingerprint density at radius 3 is 3.23 bits per heavy atom. The lowest BCUT2D eigenvalue weighted by atomic mass is 10.1. The summed E-state index contributed by atoms with van der Waals surface area (Å²) in [7, 11) is 0. The molecule has 62 valence electrons. The van der Waals surface area contributed by atoms with Crippen molar-refractivity contribution in [2.75, 3.05) is 0 Å². The standard InChI is InChI=1S/C12H9N/c1-3-9-7-11-5-2-6-13-12(11)8-10(9)4-1/h1-2,4-8H,3H2. The highest BCUT2D eigenvalue weighted by Crippen LogP contribution is 2.24. The van der Waals surface area contributed by atoms with Crippen molar-refractivity contribution in [2.45, 2.75) is 6.42 Å². The van der Waals surface area contributed by atoms with Crippen molar-refractivity contribution in [1.82, 2.24) is 4.98 Å². The van der Waals surface area contributed by atoms with Crippen LogP contribution >= 0.6 is 0 Å². The summed E-state index contributed by atoms with van der Waals surface area (Å²) in [6.45, 7) is 0. The van der Waals surface area contributed by atoms with Gasteiger partial charge >= 0.3 is 0 Å². The van der Waals surface area contributed by atoms with Gasteiger partial charge < -0.3 is 0 Å². The Bertz CT molecular complexity index is 497. The van der Waals surface area contributed by atoms with E-state index >= 15 is 0 Å². The zero-order valence-electron chi connectivity index (χ0n) is 7.20. The molecule has 1 aromatic heterocycles. The molecular weight excluding hydrogens is 158 g/mol. The van der Waals surface area contributed by atoms with E-state index in [0.29, 0.717) is 0 Å². The fourth-order valence-electron chi connectivity index (χ4n) is 1.83. The smallest absolute Gasteiger partial charge is 0.0708 e. The predicted octanol–water partition coefficient (Wildman–Crippen LogP) is 2.80. The molecule has 1 aliphatic rings. The third kappa shape index (κ3) is 0.970. The molecule has 0 aliphatic heterocycles. The van der Waals surface area contributed by atoms with Crippen LogP contribution in [0.25, 0.3) is 17.0 Å². The summed E-state index contributed by atoms with van der Waals surface area (Å²) in [4.78, 5) is 4.32. The zero-order valence-corrected chi connectivity index (χ0v) is 7.20. The van der Waals surface area contributed by atoms with Gasteiger partial charge in [-0.25, -0.2) is 0 Å². The number of allylic oxidation sites excluding steroid dienone is 1. The van der Waals surface area contributed by atoms with Crippen LogP contribution in [0.15, 0.2) is 36.5 Å². The largest absolute Gasteiger partial charge is 0.256 e. The molecule has 0 atom stereocenters. The molecule has 0 radical (unpaired) electrons. The van der Waals surface area contributed by atoms with Crippen LogP contribution in [-0.2, 0) is 6.42 Å². The molecule has 0 spiro atoms. The van der Waals surface area contributed by atoms with Gasteiger partial charge in [0, 0.05) is 11.6 Å². The van der Waals surface area contributed by atoms with E-state index in [1.165, 1.54) is 16.5 Å². The lowest BCUT2D eigenvalue weighted by Gasteiger charge is -2.01. The number of aromatic nitrogens is 1. The maximum absolute atomic E-state index is 4.32. The highest BCUT2D eigenvalue weighted by molar-refractivity contribution is 5.83. The summed E-state index contributed by atoms with van der Waals surface area (Å²) >= 11 is 0. The normalized spacial score (nSPS) is 13.5. The second kappa shape index (κ2) is 2.43. The summed E-state index contributed by atoms with van der Waals surface area (Å²) in [5.41, 5.74) is 3.83. The summed E-state index contributed by atoms with van der Waals surface area (Å²) in [5, 5.41) is 1.24. The van der Waals surface area contributed by atoms with Crippen LogP contribution in [-0.4, -0.2) is 4.98 Å². The molecule has 1 heterocycles. The van der Waals surface area contributed by atoms with Gasteiger partial charge in [-0.05, 0) is 35.7 Å². The summed E-state index contributed by atoms with van der Waals surface area (Å²) in [5.74, 6) is 0. The van der Waals surface area contributed by atoms with E-state index in [0.717, 1.165) is 11.9 Å². The van der Waals surface area contributed by atoms with Crippen LogP contribution < -0.4 is 0 Å². The molecule has 0 fully saturated rings. The number of hydrogen-bond donors (Lipinski definition) is 0. The third-order valence-corrected chi connectivity index (χ3v) is 2.50. The van der Waals surface area contributed by atoms with Crippen LogP contribution in [0.5, 0.6) is 0 Å². The fraction of sp³-hybridized carbons (Fsp3) is 0.0833. The fourth-order valence-corrected chi connectivity index (χ4v) is 1.83. The van der Waals surface area contributed by atoms with Crippen molar-refractivity contribution in [2.24, 2.45) is 0 Å². The predicted molar refractivity (Wildman–Crippen MR) is 54.5 cm³/mol. The van der Waals surface area contributed by atoms with Crippen molar-refractivity contribution in [3.05, 3.63) is 47.7 Å². The first-order chi connectivity index (χ1) is 6.43. The van der Waals surface area contributed by atoms with Gasteiger partial charge in [0.2, 0.25) is 0 Å². The molecule has 3 rings (SSSR count). The van der Waals surface area contributed by atoms with Gasteiger partial charge in [0.05, 0.1) is 5.52 Å². The second-order valence-electron chi connectivity index (χ2n) is 3.35. The van der Waals surface area contributed by atoms with Crippen LogP contribution in [0.3, 0.4) is 0 Å². The molecule has 1 aliphatic carbocycles. The maximum atomic E-state index is 4.32. The molecule has 0 saturated heterocycles. The third-order valence-electron chi connectivity index (χ3n) is 2.50. The number of nitrogens with zero attached hydrogens (tertiary/aromatic N) is 1. The summed E-state index contributed by atoms with van der Waals surface area (Å²) < 4.78 is 0. The molecule has 13 heavy (non-hydrogen) atoms. The minimum atomic E-state index is 1.07. The van der Waals surface area contributed by atoms with E-state index < -0.39 is 0 Å². The molecule has 0 unspecified atom stereocenters. The number of hydrogen-bond acceptors (Lipinski definition) is 1. The van der Waals surface area contributed by atoms with E-state index in [2.05, 4.69) is 35.3 Å². The number of pyridine rings is 1. The average molecular weight is 167 g/mol. The number of rotatable bonds is 0. The summed E-state index contributed by atoms with van der Waals surface area (Å²) in [6, 6.07) is 8.49. The van der Waals surface area contributed by atoms with Crippen molar-refractivity contribution < 1.29 is 0 Å².